The molecule has 3 nitrogen and oxygen atoms in total. The smallest absolute Gasteiger partial charge is 0.227 e. The monoisotopic (exact) mass is 268 g/mol. The summed E-state index contributed by atoms with van der Waals surface area (Å²) in [5, 5.41) is 4.00. The van der Waals surface area contributed by atoms with Crippen LogP contribution in [-0.2, 0) is 11.2 Å². The topological polar surface area (TPSA) is 46.3 Å². The molecule has 1 aliphatic rings. The van der Waals surface area contributed by atoms with E-state index in [0.717, 1.165) is 31.4 Å². The fourth-order valence-corrected chi connectivity index (χ4v) is 3.11. The van der Waals surface area contributed by atoms with Crippen molar-refractivity contribution in [1.29, 1.82) is 0 Å². The summed E-state index contributed by atoms with van der Waals surface area (Å²) in [6, 6.07) is 1.95. The van der Waals surface area contributed by atoms with Crippen molar-refractivity contribution in [3.05, 3.63) is 22.4 Å². The molecule has 0 bridgehead atoms. The second-order valence-electron chi connectivity index (χ2n) is 4.31. The van der Waals surface area contributed by atoms with Crippen LogP contribution < -0.4 is 5.73 Å². The van der Waals surface area contributed by atoms with Gasteiger partial charge in [0.25, 0.3) is 0 Å². The molecule has 5 heteroatoms. The van der Waals surface area contributed by atoms with Crippen LogP contribution in [0.1, 0.15) is 24.8 Å². The van der Waals surface area contributed by atoms with E-state index in [9.17, 15) is 4.79 Å². The Morgan fingerprint density at radius 3 is 3.06 bits per heavy atom. The van der Waals surface area contributed by atoms with Gasteiger partial charge in [0.1, 0.15) is 0 Å². The summed E-state index contributed by atoms with van der Waals surface area (Å²) in [4.78, 5) is 14.5. The molecule has 92 valence electrons. The molecule has 2 N–H and O–H groups in total. The average molecular weight is 268 g/mol. The van der Waals surface area contributed by atoms with Crippen LogP contribution in [0.25, 0.3) is 0 Å². The van der Waals surface area contributed by atoms with Crippen molar-refractivity contribution in [3.8, 4) is 0 Å². The summed E-state index contributed by atoms with van der Waals surface area (Å²) in [5.41, 5.74) is 6.78. The van der Waals surface area contributed by atoms with Gasteiger partial charge in [-0.2, -0.15) is 11.3 Å². The predicted molar refractivity (Wildman–Crippen MR) is 74.2 cm³/mol. The molecule has 1 fully saturated rings. The third-order valence-corrected chi connectivity index (χ3v) is 4.09. The van der Waals surface area contributed by atoms with Gasteiger partial charge < -0.3 is 10.6 Å². The van der Waals surface area contributed by atoms with Gasteiger partial charge in [-0.1, -0.05) is 12.2 Å². The Labute approximate surface area is 111 Å². The van der Waals surface area contributed by atoms with E-state index in [1.165, 1.54) is 0 Å². The van der Waals surface area contributed by atoms with Crippen LogP contribution in [0.4, 0.5) is 0 Å². The van der Waals surface area contributed by atoms with Gasteiger partial charge in [0.2, 0.25) is 5.91 Å². The lowest BCUT2D eigenvalue weighted by Gasteiger charge is -2.35. The molecule has 1 aromatic rings. The zero-order valence-electron chi connectivity index (χ0n) is 9.59. The van der Waals surface area contributed by atoms with Crippen LogP contribution in [0.2, 0.25) is 0 Å². The van der Waals surface area contributed by atoms with Crippen molar-refractivity contribution in [2.24, 2.45) is 5.73 Å². The molecule has 1 amide bonds. The van der Waals surface area contributed by atoms with E-state index in [-0.39, 0.29) is 11.9 Å². The first kappa shape index (κ1) is 12.5. The highest BCUT2D eigenvalue weighted by atomic mass is 32.1. The van der Waals surface area contributed by atoms with Gasteiger partial charge in [-0.3, -0.25) is 4.79 Å². The van der Waals surface area contributed by atoms with Crippen LogP contribution in [0, 0.1) is 0 Å². The van der Waals surface area contributed by atoms with E-state index in [2.05, 4.69) is 0 Å². The highest BCUT2D eigenvalue weighted by Crippen LogP contribution is 2.19. The van der Waals surface area contributed by atoms with Crippen molar-refractivity contribution < 1.29 is 4.79 Å². The summed E-state index contributed by atoms with van der Waals surface area (Å²) in [5.74, 6) is 0.140. The molecule has 1 aromatic heterocycles. The maximum absolute atomic E-state index is 12.2. The van der Waals surface area contributed by atoms with Crippen LogP contribution in [0.5, 0.6) is 0 Å². The first-order chi connectivity index (χ1) is 8.18. The number of nitrogens with two attached hydrogens (primary N) is 1. The Kier molecular flexibility index (Phi) is 4.12. The van der Waals surface area contributed by atoms with Crippen LogP contribution >= 0.6 is 23.6 Å². The molecule has 0 spiro atoms. The molecule has 0 aromatic carbocycles. The lowest BCUT2D eigenvalue weighted by Crippen LogP contribution is -2.50. The molecule has 0 radical (unpaired) electrons. The van der Waals surface area contributed by atoms with Crippen molar-refractivity contribution >= 4 is 34.5 Å². The zero-order chi connectivity index (χ0) is 12.3. The SMILES string of the molecule is NC(=S)C1CCCCN1C(=O)Cc1ccsc1. The molecule has 1 aliphatic heterocycles. The molecular formula is C12H16N2OS2. The van der Waals surface area contributed by atoms with E-state index < -0.39 is 0 Å². The fraction of sp³-hybridized carbons (Fsp3) is 0.500. The Morgan fingerprint density at radius 2 is 2.41 bits per heavy atom. The largest absolute Gasteiger partial charge is 0.392 e. The second-order valence-corrected chi connectivity index (χ2v) is 5.56. The fourth-order valence-electron chi connectivity index (χ4n) is 2.20. The van der Waals surface area contributed by atoms with Crippen LogP contribution in [0.3, 0.4) is 0 Å². The van der Waals surface area contributed by atoms with Crippen LogP contribution in [0.15, 0.2) is 16.8 Å². The number of amides is 1. The number of rotatable bonds is 3. The van der Waals surface area contributed by atoms with E-state index in [0.29, 0.717) is 11.4 Å². The van der Waals surface area contributed by atoms with Gasteiger partial charge in [-0.25, -0.2) is 0 Å². The number of carbonyl (C=O) groups is 1. The van der Waals surface area contributed by atoms with Gasteiger partial charge in [-0.15, -0.1) is 0 Å². The second kappa shape index (κ2) is 5.60. The number of carbonyl (C=O) groups excluding carboxylic acids is 1. The van der Waals surface area contributed by atoms with Crippen LogP contribution in [-0.4, -0.2) is 28.4 Å². The van der Waals surface area contributed by atoms with E-state index in [4.69, 9.17) is 18.0 Å². The number of thiocarbonyl (C=S) groups is 1. The quantitative estimate of drug-likeness (QED) is 0.852. The number of thiophene rings is 1. The first-order valence-corrected chi connectivity index (χ1v) is 7.13. The van der Waals surface area contributed by atoms with Gasteiger partial charge >= 0.3 is 0 Å². The molecule has 0 aliphatic carbocycles. The number of hydrogen-bond acceptors (Lipinski definition) is 3. The third kappa shape index (κ3) is 3.04. The molecule has 1 atom stereocenters. The normalized spacial score (nSPS) is 20.2. The standard InChI is InChI=1S/C12H16N2OS2/c13-12(16)10-3-1-2-5-14(10)11(15)7-9-4-6-17-8-9/h4,6,8,10H,1-3,5,7H2,(H2,13,16). The maximum Gasteiger partial charge on any atom is 0.227 e. The highest BCUT2D eigenvalue weighted by Gasteiger charge is 2.28. The van der Waals surface area contributed by atoms with Gasteiger partial charge in [0.15, 0.2) is 0 Å². The number of hydrogen-bond donors (Lipinski definition) is 1. The molecule has 2 rings (SSSR count). The summed E-state index contributed by atoms with van der Waals surface area (Å²) < 4.78 is 0. The lowest BCUT2D eigenvalue weighted by atomic mass is 10.0. The highest BCUT2D eigenvalue weighted by molar-refractivity contribution is 7.80. The minimum absolute atomic E-state index is 0.0371. The van der Waals surface area contributed by atoms with E-state index in [1.54, 1.807) is 11.3 Å². The van der Waals surface area contributed by atoms with E-state index >= 15 is 0 Å². The minimum atomic E-state index is -0.0371. The minimum Gasteiger partial charge on any atom is -0.392 e. The van der Waals surface area contributed by atoms with Gasteiger partial charge in [0.05, 0.1) is 17.5 Å². The maximum atomic E-state index is 12.2. The number of piperidine rings is 1. The molecule has 17 heavy (non-hydrogen) atoms. The van der Waals surface area contributed by atoms with Crippen molar-refractivity contribution in [1.82, 2.24) is 4.90 Å². The Hall–Kier alpha value is -0.940. The molecule has 1 unspecified atom stereocenters. The summed E-state index contributed by atoms with van der Waals surface area (Å²) in [6.45, 7) is 0.783. The third-order valence-electron chi connectivity index (χ3n) is 3.09. The molecule has 0 saturated carbocycles. The molecule has 2 heterocycles. The Morgan fingerprint density at radius 1 is 1.59 bits per heavy atom. The van der Waals surface area contributed by atoms with Gasteiger partial charge in [-0.05, 0) is 41.7 Å². The van der Waals surface area contributed by atoms with Crippen molar-refractivity contribution in [2.45, 2.75) is 31.7 Å². The molecule has 1 saturated heterocycles. The summed E-state index contributed by atoms with van der Waals surface area (Å²) >= 11 is 6.66. The van der Waals surface area contributed by atoms with Crippen molar-refractivity contribution in [2.75, 3.05) is 6.54 Å². The zero-order valence-corrected chi connectivity index (χ0v) is 11.2. The predicted octanol–water partition coefficient (Wildman–Crippen LogP) is 1.96. The Balaban J connectivity index is 2.03. The summed E-state index contributed by atoms with van der Waals surface area (Å²) in [6.07, 6.45) is 3.52. The number of nitrogens with zero attached hydrogens (tertiary/aromatic N) is 1. The van der Waals surface area contributed by atoms with E-state index in [1.807, 2.05) is 21.7 Å². The molecular weight excluding hydrogens is 252 g/mol. The number of likely N-dealkylation sites (tertiary alicyclic amines) is 1. The van der Waals surface area contributed by atoms with Crippen molar-refractivity contribution in [3.63, 3.8) is 0 Å². The Bertz CT molecular complexity index is 403. The first-order valence-electron chi connectivity index (χ1n) is 5.78. The lowest BCUT2D eigenvalue weighted by molar-refractivity contribution is -0.132. The average Bonchev–Trinajstić information content (AvgIpc) is 2.81. The summed E-state index contributed by atoms with van der Waals surface area (Å²) in [7, 11) is 0. The van der Waals surface area contributed by atoms with Gasteiger partial charge in [0, 0.05) is 6.54 Å².